The molecule has 0 unspecified atom stereocenters. The number of nitrogens with zero attached hydrogens (tertiary/aromatic N) is 2. The van der Waals surface area contributed by atoms with E-state index in [9.17, 15) is 13.0 Å². The quantitative estimate of drug-likeness (QED) is 0.0327. The van der Waals surface area contributed by atoms with Crippen LogP contribution < -0.4 is 14.8 Å². The Hall–Kier alpha value is -4.02. The van der Waals surface area contributed by atoms with Crippen LogP contribution in [0.15, 0.2) is 140 Å². The summed E-state index contributed by atoms with van der Waals surface area (Å²) in [4.78, 5) is 4.84. The van der Waals surface area contributed by atoms with E-state index in [1.165, 1.54) is 15.9 Å². The molecule has 9 heteroatoms. The predicted octanol–water partition coefficient (Wildman–Crippen LogP) is 10.2. The van der Waals surface area contributed by atoms with E-state index in [1.807, 2.05) is 47.8 Å². The second-order valence-electron chi connectivity index (χ2n) is 12.8. The van der Waals surface area contributed by atoms with Crippen molar-refractivity contribution in [2.45, 2.75) is 54.2 Å². The van der Waals surface area contributed by atoms with Gasteiger partial charge in [-0.15, -0.1) is 23.5 Å². The third-order valence-electron chi connectivity index (χ3n) is 9.01. The number of hydrogen-bond acceptors (Lipinski definition) is 6. The molecule has 0 spiro atoms. The van der Waals surface area contributed by atoms with E-state index in [1.54, 1.807) is 18.2 Å². The zero-order valence-electron chi connectivity index (χ0n) is 29.9. The molecule has 0 atom stereocenters. The van der Waals surface area contributed by atoms with Gasteiger partial charge in [0.1, 0.15) is 29.3 Å². The molecule has 1 aliphatic carbocycles. The Balaban J connectivity index is 1.40. The molecular weight excluding hydrogens is 705 g/mol. The Morgan fingerprint density at radius 2 is 1.37 bits per heavy atom. The third-order valence-corrected chi connectivity index (χ3v) is 12.1. The number of thioether (sulfide) groups is 2. The first-order valence-corrected chi connectivity index (χ1v) is 21.5. The molecule has 0 saturated carbocycles. The van der Waals surface area contributed by atoms with Gasteiger partial charge in [0, 0.05) is 81.4 Å². The molecule has 0 saturated heterocycles. The summed E-state index contributed by atoms with van der Waals surface area (Å²) in [5, 5.41) is 1.86. The van der Waals surface area contributed by atoms with Crippen LogP contribution in [0.5, 0.6) is 0 Å². The van der Waals surface area contributed by atoms with Gasteiger partial charge in [0.05, 0.1) is 6.07 Å². The normalized spacial score (nSPS) is 12.4. The number of rotatable bonds is 17. The van der Waals surface area contributed by atoms with Crippen molar-refractivity contribution in [2.75, 3.05) is 42.6 Å². The molecule has 0 fully saturated rings. The molecule has 0 radical (unpaired) electrons. The van der Waals surface area contributed by atoms with Crippen LogP contribution in [0.3, 0.4) is 0 Å². The van der Waals surface area contributed by atoms with Gasteiger partial charge < -0.3 is 9.32 Å². The van der Waals surface area contributed by atoms with Crippen molar-refractivity contribution in [1.29, 1.82) is 0 Å². The molecule has 1 N–H and O–H groups in total. The standard InChI is InChI=1S/C43H46N2O4S3/c1-3-25-44(27-13-29-50-35-15-7-5-8-16-35)33-21-23-37-40(31-33)49-41-32-34(45(26-4-2)28-14-30-51-36-17-9-6-10-18-36)22-24-38(41)43(37)39-19-11-12-20-42(39)52(46,47)48/h5-12,15-24,31-32H,3-4,13-14,25-30H2,1-2H3/p+1. The Kier molecular flexibility index (Phi) is 13.2. The average Bonchev–Trinajstić information content (AvgIpc) is 3.16. The lowest BCUT2D eigenvalue weighted by atomic mass is 9.93. The van der Waals surface area contributed by atoms with E-state index in [2.05, 4.69) is 96.1 Å². The summed E-state index contributed by atoms with van der Waals surface area (Å²) < 4.78 is 44.8. The third kappa shape index (κ3) is 9.50. The minimum Gasteiger partial charge on any atom is -0.456 e. The van der Waals surface area contributed by atoms with Crippen molar-refractivity contribution in [3.05, 3.63) is 127 Å². The van der Waals surface area contributed by atoms with Crippen molar-refractivity contribution >= 4 is 50.3 Å². The Morgan fingerprint density at radius 1 is 0.692 bits per heavy atom. The van der Waals surface area contributed by atoms with Crippen LogP contribution in [0.4, 0.5) is 5.69 Å². The minimum absolute atomic E-state index is 0.121. The van der Waals surface area contributed by atoms with Gasteiger partial charge in [-0.3, -0.25) is 4.55 Å². The molecule has 1 aliphatic heterocycles. The van der Waals surface area contributed by atoms with E-state index in [0.717, 1.165) is 90.9 Å². The Morgan fingerprint density at radius 3 is 2.04 bits per heavy atom. The molecule has 6 rings (SSSR count). The van der Waals surface area contributed by atoms with Gasteiger partial charge >= 0.3 is 0 Å². The largest absolute Gasteiger partial charge is 0.456 e. The highest BCUT2D eigenvalue weighted by Crippen LogP contribution is 2.43. The number of anilines is 1. The summed E-state index contributed by atoms with van der Waals surface area (Å²) >= 11 is 3.75. The van der Waals surface area contributed by atoms with E-state index in [-0.39, 0.29) is 4.90 Å². The lowest BCUT2D eigenvalue weighted by Gasteiger charge is -2.25. The van der Waals surface area contributed by atoms with Crippen LogP contribution in [0.2, 0.25) is 0 Å². The van der Waals surface area contributed by atoms with Gasteiger partial charge in [-0.05, 0) is 67.1 Å². The van der Waals surface area contributed by atoms with Crippen LogP contribution in [0.1, 0.15) is 39.5 Å². The fraction of sp³-hybridized carbons (Fsp3) is 0.279. The first-order chi connectivity index (χ1) is 25.4. The zero-order chi connectivity index (χ0) is 36.3. The summed E-state index contributed by atoms with van der Waals surface area (Å²) in [6.07, 6.45) is 4.07. The number of fused-ring (bicyclic) bond motifs is 2. The highest BCUT2D eigenvalue weighted by atomic mass is 32.2. The van der Waals surface area contributed by atoms with Crippen molar-refractivity contribution in [1.82, 2.24) is 4.58 Å². The molecule has 270 valence electrons. The first kappa shape index (κ1) is 37.7. The lowest BCUT2D eigenvalue weighted by Crippen LogP contribution is -2.32. The maximum Gasteiger partial charge on any atom is 0.295 e. The van der Waals surface area contributed by atoms with Crippen LogP contribution in [-0.2, 0) is 10.1 Å². The molecule has 52 heavy (non-hydrogen) atoms. The Labute approximate surface area is 316 Å². The van der Waals surface area contributed by atoms with Crippen molar-refractivity contribution in [3.63, 3.8) is 0 Å². The second kappa shape index (κ2) is 18.1. The van der Waals surface area contributed by atoms with Gasteiger partial charge in [-0.1, -0.05) is 68.4 Å². The SMILES string of the molecule is CCCN(CCCSc1ccccc1)c1ccc2c(-c3ccccc3S(=O)(=O)O)c3ccc(=[N+](CCC)CCCSc4ccccc4)cc-3oc2c1. The lowest BCUT2D eigenvalue weighted by molar-refractivity contribution is 0.483. The molecule has 2 aliphatic rings. The van der Waals surface area contributed by atoms with E-state index in [4.69, 9.17) is 4.42 Å². The summed E-state index contributed by atoms with van der Waals surface area (Å²) in [6.45, 7) is 8.02. The van der Waals surface area contributed by atoms with Crippen LogP contribution in [0, 0.1) is 0 Å². The number of benzene rings is 5. The maximum atomic E-state index is 12.7. The van der Waals surface area contributed by atoms with Crippen molar-refractivity contribution < 1.29 is 17.4 Å². The van der Waals surface area contributed by atoms with E-state index >= 15 is 0 Å². The molecule has 1 heterocycles. The van der Waals surface area contributed by atoms with Crippen LogP contribution >= 0.6 is 23.5 Å². The number of hydrogen-bond donors (Lipinski definition) is 1. The van der Waals surface area contributed by atoms with Crippen LogP contribution in [0.25, 0.3) is 33.4 Å². The van der Waals surface area contributed by atoms with Crippen molar-refractivity contribution in [2.24, 2.45) is 0 Å². The van der Waals surface area contributed by atoms with E-state index < -0.39 is 10.1 Å². The highest BCUT2D eigenvalue weighted by Gasteiger charge is 2.24. The summed E-state index contributed by atoms with van der Waals surface area (Å²) in [5.41, 5.74) is 3.70. The topological polar surface area (TPSA) is 73.8 Å². The molecule has 0 aromatic heterocycles. The molecule has 4 aromatic rings. The zero-order valence-corrected chi connectivity index (χ0v) is 32.4. The smallest absolute Gasteiger partial charge is 0.295 e. The molecule has 0 amide bonds. The van der Waals surface area contributed by atoms with Gasteiger partial charge in [0.25, 0.3) is 10.1 Å². The minimum atomic E-state index is -4.49. The van der Waals surface area contributed by atoms with Gasteiger partial charge in [0.15, 0.2) is 0 Å². The van der Waals surface area contributed by atoms with Gasteiger partial charge in [-0.2, -0.15) is 8.42 Å². The molecular formula is C43H47N2O4S3+. The fourth-order valence-electron chi connectivity index (χ4n) is 6.65. The summed E-state index contributed by atoms with van der Waals surface area (Å²) in [5.74, 6) is 2.71. The molecule has 0 bridgehead atoms. The van der Waals surface area contributed by atoms with Crippen molar-refractivity contribution in [3.8, 4) is 22.5 Å². The predicted molar refractivity (Wildman–Crippen MR) is 219 cm³/mol. The first-order valence-electron chi connectivity index (χ1n) is 18.1. The van der Waals surface area contributed by atoms with Gasteiger partial charge in [-0.25, -0.2) is 4.58 Å². The fourth-order valence-corrected chi connectivity index (χ4v) is 9.07. The monoisotopic (exact) mass is 751 g/mol. The van der Waals surface area contributed by atoms with E-state index in [0.29, 0.717) is 16.9 Å². The average molecular weight is 752 g/mol. The molecule has 6 nitrogen and oxygen atoms in total. The Bertz CT molecular complexity index is 2220. The molecule has 4 aromatic carbocycles. The maximum absolute atomic E-state index is 12.7. The summed E-state index contributed by atoms with van der Waals surface area (Å²) in [6, 6.07) is 40.1. The second-order valence-corrected chi connectivity index (χ2v) is 16.5. The van der Waals surface area contributed by atoms with Gasteiger partial charge in [0.2, 0.25) is 5.36 Å². The highest BCUT2D eigenvalue weighted by molar-refractivity contribution is 7.99. The summed E-state index contributed by atoms with van der Waals surface area (Å²) in [7, 11) is -4.49. The van der Waals surface area contributed by atoms with Crippen LogP contribution in [-0.4, -0.2) is 50.7 Å².